The van der Waals surface area contributed by atoms with E-state index < -0.39 is 0 Å². The highest BCUT2D eigenvalue weighted by Crippen LogP contribution is 2.36. The number of aromatic nitrogens is 2. The van der Waals surface area contributed by atoms with Crippen LogP contribution in [-0.4, -0.2) is 40.5 Å². The van der Waals surface area contributed by atoms with Crippen LogP contribution in [0.3, 0.4) is 0 Å². The summed E-state index contributed by atoms with van der Waals surface area (Å²) in [5.74, 6) is 0.618. The van der Waals surface area contributed by atoms with E-state index >= 15 is 0 Å². The van der Waals surface area contributed by atoms with Gasteiger partial charge in [0.2, 0.25) is 5.91 Å². The molecule has 0 aromatic carbocycles. The second-order valence-electron chi connectivity index (χ2n) is 7.58. The minimum absolute atomic E-state index is 0.0383. The first-order valence-electron chi connectivity index (χ1n) is 10.5. The lowest BCUT2D eigenvalue weighted by atomic mass is 9.89. The Morgan fingerprint density at radius 1 is 1.45 bits per heavy atom. The highest BCUT2D eigenvalue weighted by Gasteiger charge is 2.25. The van der Waals surface area contributed by atoms with Crippen LogP contribution in [0.1, 0.15) is 51.0 Å². The molecule has 1 aliphatic rings. The third-order valence-electron chi connectivity index (χ3n) is 5.32. The van der Waals surface area contributed by atoms with E-state index in [9.17, 15) is 9.59 Å². The Morgan fingerprint density at radius 2 is 2.24 bits per heavy atom. The molecular weight excluding hydrogens is 406 g/mol. The van der Waals surface area contributed by atoms with Gasteiger partial charge in [-0.05, 0) is 57.9 Å². The fourth-order valence-corrected chi connectivity index (χ4v) is 6.08. The van der Waals surface area contributed by atoms with Crippen molar-refractivity contribution in [2.24, 2.45) is 5.92 Å². The number of thiophene rings is 1. The Morgan fingerprint density at radius 3 is 2.97 bits per heavy atom. The predicted octanol–water partition coefficient (Wildman–Crippen LogP) is 3.63. The minimum Gasteiger partial charge on any atom is -0.382 e. The van der Waals surface area contributed by atoms with Gasteiger partial charge in [-0.15, -0.1) is 11.3 Å². The van der Waals surface area contributed by atoms with Crippen LogP contribution in [-0.2, 0) is 28.9 Å². The SMILES string of the molecule is CCOCCCNC(=O)C(C)Sc1nc2sc3c(c2c(=O)n1CC)CCC(C)C3. The minimum atomic E-state index is -0.321. The van der Waals surface area contributed by atoms with E-state index in [4.69, 9.17) is 9.72 Å². The molecule has 1 amide bonds. The molecule has 0 fully saturated rings. The first kappa shape index (κ1) is 22.3. The molecule has 2 unspecified atom stereocenters. The molecule has 0 saturated heterocycles. The molecule has 0 radical (unpaired) electrons. The number of hydrogen-bond acceptors (Lipinski definition) is 6. The zero-order chi connectivity index (χ0) is 21.0. The van der Waals surface area contributed by atoms with Gasteiger partial charge in [0.05, 0.1) is 10.6 Å². The molecule has 3 rings (SSSR count). The highest BCUT2D eigenvalue weighted by molar-refractivity contribution is 8.00. The number of fused-ring (bicyclic) bond motifs is 3. The second-order valence-corrected chi connectivity index (χ2v) is 9.97. The summed E-state index contributed by atoms with van der Waals surface area (Å²) in [5.41, 5.74) is 1.25. The molecule has 1 aliphatic carbocycles. The van der Waals surface area contributed by atoms with Crippen molar-refractivity contribution in [2.75, 3.05) is 19.8 Å². The summed E-state index contributed by atoms with van der Waals surface area (Å²) in [4.78, 5) is 32.6. The number of rotatable bonds is 9. The molecule has 0 saturated carbocycles. The van der Waals surface area contributed by atoms with E-state index in [0.717, 1.165) is 35.9 Å². The van der Waals surface area contributed by atoms with E-state index in [2.05, 4.69) is 12.2 Å². The first-order valence-corrected chi connectivity index (χ1v) is 12.2. The molecule has 2 atom stereocenters. The van der Waals surface area contributed by atoms with E-state index in [1.54, 1.807) is 15.9 Å². The summed E-state index contributed by atoms with van der Waals surface area (Å²) < 4.78 is 7.01. The lowest BCUT2D eigenvalue weighted by Crippen LogP contribution is -2.33. The van der Waals surface area contributed by atoms with Crippen LogP contribution in [0.5, 0.6) is 0 Å². The molecule has 8 heteroatoms. The van der Waals surface area contributed by atoms with Gasteiger partial charge in [0, 0.05) is 31.2 Å². The maximum atomic E-state index is 13.2. The molecule has 0 bridgehead atoms. The maximum absolute atomic E-state index is 13.2. The average Bonchev–Trinajstić information content (AvgIpc) is 3.05. The van der Waals surface area contributed by atoms with Gasteiger partial charge in [-0.25, -0.2) is 4.98 Å². The summed E-state index contributed by atoms with van der Waals surface area (Å²) >= 11 is 3.02. The van der Waals surface area contributed by atoms with Crippen LogP contribution < -0.4 is 10.9 Å². The lowest BCUT2D eigenvalue weighted by Gasteiger charge is -2.18. The summed E-state index contributed by atoms with van der Waals surface area (Å²) in [6.45, 7) is 10.5. The molecular formula is C21H31N3O3S2. The number of nitrogens with zero attached hydrogens (tertiary/aromatic N) is 2. The van der Waals surface area contributed by atoms with Gasteiger partial charge in [0.25, 0.3) is 5.56 Å². The molecule has 0 spiro atoms. The van der Waals surface area contributed by atoms with Crippen molar-refractivity contribution in [1.29, 1.82) is 0 Å². The van der Waals surface area contributed by atoms with E-state index in [0.29, 0.717) is 37.4 Å². The van der Waals surface area contributed by atoms with E-state index in [-0.39, 0.29) is 16.7 Å². The van der Waals surface area contributed by atoms with Gasteiger partial charge in [0.15, 0.2) is 5.16 Å². The molecule has 160 valence electrons. The number of ether oxygens (including phenoxy) is 1. The predicted molar refractivity (Wildman–Crippen MR) is 120 cm³/mol. The Kier molecular flexibility index (Phi) is 7.76. The molecule has 6 nitrogen and oxygen atoms in total. The van der Waals surface area contributed by atoms with Crippen LogP contribution in [0, 0.1) is 5.92 Å². The largest absolute Gasteiger partial charge is 0.382 e. The third-order valence-corrected chi connectivity index (χ3v) is 7.56. The van der Waals surface area contributed by atoms with Crippen molar-refractivity contribution in [3.8, 4) is 0 Å². The zero-order valence-corrected chi connectivity index (χ0v) is 19.4. The first-order chi connectivity index (χ1) is 14.0. The topological polar surface area (TPSA) is 73.2 Å². The Labute approximate surface area is 180 Å². The molecule has 2 heterocycles. The summed E-state index contributed by atoms with van der Waals surface area (Å²) in [7, 11) is 0. The van der Waals surface area contributed by atoms with Gasteiger partial charge < -0.3 is 10.1 Å². The van der Waals surface area contributed by atoms with Crippen molar-refractivity contribution in [1.82, 2.24) is 14.9 Å². The van der Waals surface area contributed by atoms with Gasteiger partial charge >= 0.3 is 0 Å². The van der Waals surface area contributed by atoms with Crippen LogP contribution in [0.15, 0.2) is 9.95 Å². The number of amides is 1. The van der Waals surface area contributed by atoms with Crippen LogP contribution >= 0.6 is 23.1 Å². The molecule has 0 aliphatic heterocycles. The molecule has 2 aromatic heterocycles. The highest BCUT2D eigenvalue weighted by atomic mass is 32.2. The maximum Gasteiger partial charge on any atom is 0.263 e. The number of carbonyl (C=O) groups is 1. The van der Waals surface area contributed by atoms with E-state index in [1.165, 1.54) is 22.2 Å². The standard InChI is InChI=1S/C21H31N3O3S2/c1-5-24-20(26)17-15-9-8-13(3)12-16(15)29-19(17)23-21(24)28-14(4)18(25)22-10-7-11-27-6-2/h13-14H,5-12H2,1-4H3,(H,22,25). The van der Waals surface area contributed by atoms with Crippen LogP contribution in [0.4, 0.5) is 0 Å². The second kappa shape index (κ2) is 10.1. The normalized spacial score (nSPS) is 17.3. The fourth-order valence-electron chi connectivity index (χ4n) is 3.66. The third kappa shape index (κ3) is 5.03. The van der Waals surface area contributed by atoms with Crippen LogP contribution in [0.2, 0.25) is 0 Å². The van der Waals surface area contributed by atoms with Crippen molar-refractivity contribution in [2.45, 2.75) is 70.3 Å². The van der Waals surface area contributed by atoms with Gasteiger partial charge in [-0.1, -0.05) is 18.7 Å². The van der Waals surface area contributed by atoms with Crippen molar-refractivity contribution in [3.63, 3.8) is 0 Å². The number of carbonyl (C=O) groups excluding carboxylic acids is 1. The lowest BCUT2D eigenvalue weighted by molar-refractivity contribution is -0.120. The average molecular weight is 438 g/mol. The Balaban J connectivity index is 1.78. The van der Waals surface area contributed by atoms with Crippen molar-refractivity contribution < 1.29 is 9.53 Å². The quantitative estimate of drug-likeness (QED) is 0.368. The van der Waals surface area contributed by atoms with Crippen molar-refractivity contribution in [3.05, 3.63) is 20.8 Å². The van der Waals surface area contributed by atoms with Gasteiger partial charge in [-0.2, -0.15) is 0 Å². The summed E-state index contributed by atoms with van der Waals surface area (Å²) in [5, 5.41) is 4.06. The molecule has 2 aromatic rings. The number of aryl methyl sites for hydroxylation is 1. The fraction of sp³-hybridized carbons (Fsp3) is 0.667. The molecule has 1 N–H and O–H groups in total. The van der Waals surface area contributed by atoms with Crippen LogP contribution in [0.25, 0.3) is 10.2 Å². The zero-order valence-electron chi connectivity index (χ0n) is 17.7. The summed E-state index contributed by atoms with van der Waals surface area (Å²) in [6.07, 6.45) is 3.91. The number of nitrogens with one attached hydrogen (secondary N) is 1. The number of hydrogen-bond donors (Lipinski definition) is 1. The summed E-state index contributed by atoms with van der Waals surface area (Å²) in [6, 6.07) is 0. The Bertz CT molecular complexity index is 922. The smallest absolute Gasteiger partial charge is 0.263 e. The number of thioether (sulfide) groups is 1. The van der Waals surface area contributed by atoms with Gasteiger partial charge in [0.1, 0.15) is 4.83 Å². The monoisotopic (exact) mass is 437 g/mol. The van der Waals surface area contributed by atoms with Gasteiger partial charge in [-0.3, -0.25) is 14.2 Å². The van der Waals surface area contributed by atoms with Crippen molar-refractivity contribution >= 4 is 39.2 Å². The molecule has 29 heavy (non-hydrogen) atoms. The Hall–Kier alpha value is -1.38. The van der Waals surface area contributed by atoms with E-state index in [1.807, 2.05) is 20.8 Å².